The zero-order valence-electron chi connectivity index (χ0n) is 18.5. The predicted molar refractivity (Wildman–Crippen MR) is 121 cm³/mol. The van der Waals surface area contributed by atoms with Crippen molar-refractivity contribution in [1.29, 1.82) is 0 Å². The summed E-state index contributed by atoms with van der Waals surface area (Å²) < 4.78 is 27.6. The van der Waals surface area contributed by atoms with E-state index in [1.54, 1.807) is 34.9 Å². The Labute approximate surface area is 189 Å². The van der Waals surface area contributed by atoms with Crippen LogP contribution in [0.3, 0.4) is 0 Å². The number of benzene rings is 2. The number of hydrogen-bond donors (Lipinski definition) is 0. The summed E-state index contributed by atoms with van der Waals surface area (Å²) in [6.07, 6.45) is 1.06. The van der Waals surface area contributed by atoms with E-state index < -0.39 is 21.8 Å². The van der Waals surface area contributed by atoms with Gasteiger partial charge in [0.25, 0.3) is 0 Å². The fraction of sp³-hybridized carbons (Fsp3) is 0.417. The van der Waals surface area contributed by atoms with Gasteiger partial charge in [0.1, 0.15) is 0 Å². The number of nitrogens with zero attached hydrogens (tertiary/aromatic N) is 3. The molecule has 2 aliphatic rings. The van der Waals surface area contributed by atoms with Crippen LogP contribution in [0.1, 0.15) is 29.5 Å². The number of sulfonamides is 1. The van der Waals surface area contributed by atoms with Crippen LogP contribution >= 0.6 is 0 Å². The zero-order valence-corrected chi connectivity index (χ0v) is 19.3. The van der Waals surface area contributed by atoms with E-state index in [9.17, 15) is 18.0 Å². The topological polar surface area (TPSA) is 78.0 Å². The second-order valence-electron chi connectivity index (χ2n) is 8.61. The normalized spacial score (nSPS) is 18.9. The van der Waals surface area contributed by atoms with E-state index in [0.29, 0.717) is 50.5 Å². The van der Waals surface area contributed by atoms with Crippen LogP contribution in [0.25, 0.3) is 0 Å². The van der Waals surface area contributed by atoms with E-state index in [0.717, 1.165) is 16.7 Å². The number of carbonyl (C=O) groups excluding carboxylic acids is 2. The first-order chi connectivity index (χ1) is 15.3. The zero-order chi connectivity index (χ0) is 22.9. The molecular weight excluding hydrogens is 426 g/mol. The number of piperidine rings is 1. The number of amides is 2. The average molecular weight is 456 g/mol. The molecule has 0 aromatic heterocycles. The van der Waals surface area contributed by atoms with E-state index in [4.69, 9.17) is 0 Å². The highest BCUT2D eigenvalue weighted by atomic mass is 32.2. The van der Waals surface area contributed by atoms with E-state index in [1.807, 2.05) is 37.3 Å². The highest BCUT2D eigenvalue weighted by Crippen LogP contribution is 2.26. The van der Waals surface area contributed by atoms with Gasteiger partial charge in [-0.3, -0.25) is 9.59 Å². The highest BCUT2D eigenvalue weighted by Gasteiger charge is 2.39. The third kappa shape index (κ3) is 4.42. The molecular formula is C24H29N3O4S. The molecule has 2 amide bonds. The molecule has 0 atom stereocenters. The van der Waals surface area contributed by atoms with Gasteiger partial charge in [-0.2, -0.15) is 4.31 Å². The Kier molecular flexibility index (Phi) is 6.35. The van der Waals surface area contributed by atoms with Gasteiger partial charge in [0.15, 0.2) is 0 Å². The minimum absolute atomic E-state index is 0.115. The Morgan fingerprint density at radius 2 is 1.50 bits per heavy atom. The van der Waals surface area contributed by atoms with Crippen molar-refractivity contribution in [1.82, 2.24) is 14.1 Å². The molecule has 2 fully saturated rings. The van der Waals surface area contributed by atoms with Crippen LogP contribution in [0.2, 0.25) is 0 Å². The van der Waals surface area contributed by atoms with Gasteiger partial charge < -0.3 is 9.80 Å². The molecule has 0 radical (unpaired) electrons. The summed E-state index contributed by atoms with van der Waals surface area (Å²) >= 11 is 0. The molecule has 0 bridgehead atoms. The molecule has 170 valence electrons. The van der Waals surface area contributed by atoms with E-state index >= 15 is 0 Å². The van der Waals surface area contributed by atoms with E-state index in [-0.39, 0.29) is 6.04 Å². The van der Waals surface area contributed by atoms with Gasteiger partial charge in [0, 0.05) is 38.8 Å². The SMILES string of the molecule is Cc1ccc(CN2CCN(C3CCN(S(=O)(=O)c4ccccc4C)CC3)C(=O)C2=O)cc1. The molecule has 32 heavy (non-hydrogen) atoms. The first-order valence-electron chi connectivity index (χ1n) is 11.0. The maximum Gasteiger partial charge on any atom is 0.312 e. The number of rotatable bonds is 5. The van der Waals surface area contributed by atoms with Crippen LogP contribution in [-0.2, 0) is 26.2 Å². The van der Waals surface area contributed by atoms with Gasteiger partial charge in [-0.15, -0.1) is 0 Å². The van der Waals surface area contributed by atoms with Crippen molar-refractivity contribution >= 4 is 21.8 Å². The molecule has 7 nitrogen and oxygen atoms in total. The third-order valence-electron chi connectivity index (χ3n) is 6.41. The molecule has 2 aromatic rings. The van der Waals surface area contributed by atoms with Crippen molar-refractivity contribution in [2.45, 2.75) is 44.2 Å². The lowest BCUT2D eigenvalue weighted by Crippen LogP contribution is -2.58. The molecule has 0 aliphatic carbocycles. The van der Waals surface area contributed by atoms with Gasteiger partial charge >= 0.3 is 11.8 Å². The lowest BCUT2D eigenvalue weighted by molar-refractivity contribution is -0.158. The summed E-state index contributed by atoms with van der Waals surface area (Å²) in [7, 11) is -3.56. The summed E-state index contributed by atoms with van der Waals surface area (Å²) in [5.41, 5.74) is 2.87. The summed E-state index contributed by atoms with van der Waals surface area (Å²) in [6.45, 7) is 5.87. The Hall–Kier alpha value is -2.71. The lowest BCUT2D eigenvalue weighted by atomic mass is 10.0. The Bertz CT molecular complexity index is 1110. The molecule has 0 spiro atoms. The Morgan fingerprint density at radius 1 is 0.844 bits per heavy atom. The molecule has 0 saturated carbocycles. The molecule has 2 aromatic carbocycles. The smallest absolute Gasteiger partial charge is 0.312 e. The molecule has 0 N–H and O–H groups in total. The van der Waals surface area contributed by atoms with Crippen LogP contribution in [0.5, 0.6) is 0 Å². The summed E-state index contributed by atoms with van der Waals surface area (Å²) in [5.74, 6) is -0.963. The fourth-order valence-electron chi connectivity index (χ4n) is 4.48. The maximum absolute atomic E-state index is 13.0. The standard InChI is InChI=1S/C24H29N3O4S/c1-18-7-9-20(10-8-18)17-25-15-16-27(24(29)23(25)28)21-11-13-26(14-12-21)32(30,31)22-6-4-3-5-19(22)2/h3-10,21H,11-17H2,1-2H3. The Balaban J connectivity index is 1.37. The Morgan fingerprint density at radius 3 is 2.16 bits per heavy atom. The largest absolute Gasteiger partial charge is 0.330 e. The quantitative estimate of drug-likeness (QED) is 0.649. The van der Waals surface area contributed by atoms with Crippen molar-refractivity contribution in [2.75, 3.05) is 26.2 Å². The van der Waals surface area contributed by atoms with Crippen LogP contribution in [0.15, 0.2) is 53.4 Å². The van der Waals surface area contributed by atoms with Crippen molar-refractivity contribution in [3.8, 4) is 0 Å². The van der Waals surface area contributed by atoms with Crippen molar-refractivity contribution in [2.24, 2.45) is 0 Å². The van der Waals surface area contributed by atoms with Gasteiger partial charge in [0.05, 0.1) is 4.90 Å². The monoisotopic (exact) mass is 455 g/mol. The third-order valence-corrected chi connectivity index (χ3v) is 8.47. The van der Waals surface area contributed by atoms with Crippen molar-refractivity contribution in [3.05, 3.63) is 65.2 Å². The van der Waals surface area contributed by atoms with E-state index in [1.165, 1.54) is 4.31 Å². The van der Waals surface area contributed by atoms with Crippen LogP contribution < -0.4 is 0 Å². The summed E-state index contributed by atoms with van der Waals surface area (Å²) in [4.78, 5) is 29.1. The minimum atomic E-state index is -3.56. The minimum Gasteiger partial charge on any atom is -0.330 e. The maximum atomic E-state index is 13.0. The van der Waals surface area contributed by atoms with Gasteiger partial charge in [-0.05, 0) is 43.9 Å². The van der Waals surface area contributed by atoms with Crippen LogP contribution in [0, 0.1) is 13.8 Å². The van der Waals surface area contributed by atoms with Crippen molar-refractivity contribution < 1.29 is 18.0 Å². The molecule has 2 heterocycles. The molecule has 2 aliphatic heterocycles. The predicted octanol–water partition coefficient (Wildman–Crippen LogP) is 2.33. The summed E-state index contributed by atoms with van der Waals surface area (Å²) in [6, 6.07) is 14.8. The van der Waals surface area contributed by atoms with Crippen LogP contribution in [0.4, 0.5) is 0 Å². The number of aryl methyl sites for hydroxylation is 2. The van der Waals surface area contributed by atoms with Crippen molar-refractivity contribution in [3.63, 3.8) is 0 Å². The number of piperazine rings is 1. The highest BCUT2D eigenvalue weighted by molar-refractivity contribution is 7.89. The second kappa shape index (κ2) is 9.03. The lowest BCUT2D eigenvalue weighted by Gasteiger charge is -2.41. The molecule has 2 saturated heterocycles. The van der Waals surface area contributed by atoms with E-state index in [2.05, 4.69) is 0 Å². The first kappa shape index (κ1) is 22.5. The summed E-state index contributed by atoms with van der Waals surface area (Å²) in [5, 5.41) is 0. The van der Waals surface area contributed by atoms with Crippen LogP contribution in [-0.4, -0.2) is 66.6 Å². The molecule has 4 rings (SSSR count). The fourth-order valence-corrected chi connectivity index (χ4v) is 6.18. The van der Waals surface area contributed by atoms with Gasteiger partial charge in [-0.1, -0.05) is 48.0 Å². The average Bonchev–Trinajstić information content (AvgIpc) is 2.79. The molecule has 0 unspecified atom stereocenters. The molecule has 8 heteroatoms. The first-order valence-corrected chi connectivity index (χ1v) is 12.4. The van der Waals surface area contributed by atoms with Gasteiger partial charge in [0.2, 0.25) is 10.0 Å². The number of carbonyl (C=O) groups is 2. The van der Waals surface area contributed by atoms with Gasteiger partial charge in [-0.25, -0.2) is 8.42 Å². The number of hydrogen-bond acceptors (Lipinski definition) is 4. The second-order valence-corrected chi connectivity index (χ2v) is 10.5.